The molecule has 1 aromatic rings. The van der Waals surface area contributed by atoms with Crippen LogP contribution in [0.15, 0.2) is 0 Å². The summed E-state index contributed by atoms with van der Waals surface area (Å²) in [7, 11) is 0. The predicted octanol–water partition coefficient (Wildman–Crippen LogP) is 4.18. The molecule has 3 heteroatoms. The van der Waals surface area contributed by atoms with Crippen LogP contribution >= 0.6 is 11.3 Å². The largest absolute Gasteiger partial charge is 0.307 e. The second kappa shape index (κ2) is 5.92. The maximum atomic E-state index is 4.91. The fourth-order valence-corrected chi connectivity index (χ4v) is 3.27. The average Bonchev–Trinajstić information content (AvgIpc) is 2.97. The highest BCUT2D eigenvalue weighted by Crippen LogP contribution is 2.34. The van der Waals surface area contributed by atoms with E-state index >= 15 is 0 Å². The smallest absolute Gasteiger partial charge is 0.0934 e. The zero-order valence-electron chi connectivity index (χ0n) is 13.0. The van der Waals surface area contributed by atoms with Crippen LogP contribution in [0.3, 0.4) is 0 Å². The van der Waals surface area contributed by atoms with E-state index in [2.05, 4.69) is 39.9 Å². The van der Waals surface area contributed by atoms with Crippen molar-refractivity contribution in [2.75, 3.05) is 0 Å². The normalized spacial score (nSPS) is 16.3. The molecule has 1 aliphatic rings. The predicted molar refractivity (Wildman–Crippen MR) is 83.7 cm³/mol. The van der Waals surface area contributed by atoms with Crippen LogP contribution in [0.25, 0.3) is 0 Å². The van der Waals surface area contributed by atoms with Gasteiger partial charge in [0, 0.05) is 23.4 Å². The van der Waals surface area contributed by atoms with Crippen LogP contribution in [0, 0.1) is 11.8 Å². The Balaban J connectivity index is 2.05. The Morgan fingerprint density at radius 1 is 1.32 bits per heavy atom. The quantitative estimate of drug-likeness (QED) is 0.845. The van der Waals surface area contributed by atoms with Gasteiger partial charge in [-0.15, -0.1) is 11.3 Å². The van der Waals surface area contributed by atoms with E-state index in [-0.39, 0.29) is 5.54 Å². The van der Waals surface area contributed by atoms with E-state index in [1.165, 1.54) is 34.8 Å². The summed E-state index contributed by atoms with van der Waals surface area (Å²) in [5.41, 5.74) is 1.52. The minimum absolute atomic E-state index is 0.176. The highest BCUT2D eigenvalue weighted by molar-refractivity contribution is 7.11. The summed E-state index contributed by atoms with van der Waals surface area (Å²) >= 11 is 1.94. The number of aromatic nitrogens is 1. The van der Waals surface area contributed by atoms with Crippen LogP contribution in [-0.4, -0.2) is 10.5 Å². The number of nitrogens with one attached hydrogen (secondary N) is 1. The number of thiazole rings is 1. The maximum Gasteiger partial charge on any atom is 0.0934 e. The van der Waals surface area contributed by atoms with Gasteiger partial charge < -0.3 is 5.32 Å². The first-order valence-electron chi connectivity index (χ1n) is 7.56. The van der Waals surface area contributed by atoms with Gasteiger partial charge in [-0.2, -0.15) is 0 Å². The zero-order chi connectivity index (χ0) is 14.0. The Morgan fingerprint density at radius 2 is 2.00 bits per heavy atom. The van der Waals surface area contributed by atoms with Crippen molar-refractivity contribution >= 4 is 11.3 Å². The minimum Gasteiger partial charge on any atom is -0.307 e. The second-order valence-electron chi connectivity index (χ2n) is 7.33. The Bertz CT molecular complexity index is 411. The first-order valence-corrected chi connectivity index (χ1v) is 8.37. The van der Waals surface area contributed by atoms with Gasteiger partial charge in [0.2, 0.25) is 0 Å². The molecule has 1 N–H and O–H groups in total. The molecule has 1 fully saturated rings. The Hall–Kier alpha value is -0.410. The summed E-state index contributed by atoms with van der Waals surface area (Å²) in [5, 5.41) is 4.97. The summed E-state index contributed by atoms with van der Waals surface area (Å²) in [4.78, 5) is 6.37. The van der Waals surface area contributed by atoms with E-state index in [1.807, 2.05) is 11.3 Å². The van der Waals surface area contributed by atoms with Gasteiger partial charge in [0.1, 0.15) is 0 Å². The van der Waals surface area contributed by atoms with Crippen LogP contribution in [-0.2, 0) is 19.4 Å². The molecular formula is C16H28N2S. The molecule has 0 saturated heterocycles. The molecule has 0 spiro atoms. The Morgan fingerprint density at radius 3 is 2.53 bits per heavy atom. The van der Waals surface area contributed by atoms with Crippen LogP contribution in [0.5, 0.6) is 0 Å². The summed E-state index contributed by atoms with van der Waals surface area (Å²) in [6.07, 6.45) is 5.15. The zero-order valence-corrected chi connectivity index (χ0v) is 13.9. The van der Waals surface area contributed by atoms with Gasteiger partial charge in [0.05, 0.1) is 10.7 Å². The fraction of sp³-hybridized carbons (Fsp3) is 0.812. The molecule has 0 aromatic carbocycles. The van der Waals surface area contributed by atoms with Crippen molar-refractivity contribution in [3.63, 3.8) is 0 Å². The van der Waals surface area contributed by atoms with Crippen molar-refractivity contribution in [3.05, 3.63) is 15.6 Å². The molecule has 1 heterocycles. The van der Waals surface area contributed by atoms with Gasteiger partial charge in [0.25, 0.3) is 0 Å². The molecule has 0 amide bonds. The lowest BCUT2D eigenvalue weighted by Crippen LogP contribution is -2.35. The molecule has 0 atom stereocenters. The van der Waals surface area contributed by atoms with Gasteiger partial charge in [-0.1, -0.05) is 13.8 Å². The molecule has 1 saturated carbocycles. The van der Waals surface area contributed by atoms with Gasteiger partial charge in [-0.25, -0.2) is 4.98 Å². The molecule has 1 aliphatic carbocycles. The van der Waals surface area contributed by atoms with Crippen LogP contribution in [0.2, 0.25) is 0 Å². The van der Waals surface area contributed by atoms with Crippen molar-refractivity contribution in [2.24, 2.45) is 11.8 Å². The molecule has 0 bridgehead atoms. The van der Waals surface area contributed by atoms with Crippen molar-refractivity contribution in [1.29, 1.82) is 0 Å². The third-order valence-electron chi connectivity index (χ3n) is 3.36. The van der Waals surface area contributed by atoms with Crippen molar-refractivity contribution < 1.29 is 0 Å². The lowest BCUT2D eigenvalue weighted by molar-refractivity contribution is 0.425. The van der Waals surface area contributed by atoms with E-state index in [1.54, 1.807) is 0 Å². The second-order valence-corrected chi connectivity index (χ2v) is 8.49. The maximum absolute atomic E-state index is 4.91. The van der Waals surface area contributed by atoms with Crippen molar-refractivity contribution in [1.82, 2.24) is 10.3 Å². The fourth-order valence-electron chi connectivity index (χ4n) is 2.12. The van der Waals surface area contributed by atoms with Crippen LogP contribution < -0.4 is 5.32 Å². The molecule has 2 rings (SSSR count). The standard InChI is InChI=1S/C16H28N2S/c1-11(2)8-13-14(10-17-16(3,4)5)19-15(18-13)9-12-6-7-12/h11-12,17H,6-10H2,1-5H3. The minimum atomic E-state index is 0.176. The summed E-state index contributed by atoms with van der Waals surface area (Å²) in [6, 6.07) is 0. The molecule has 2 nitrogen and oxygen atoms in total. The summed E-state index contributed by atoms with van der Waals surface area (Å²) < 4.78 is 0. The first-order chi connectivity index (χ1) is 8.83. The molecule has 19 heavy (non-hydrogen) atoms. The topological polar surface area (TPSA) is 24.9 Å². The third-order valence-corrected chi connectivity index (χ3v) is 4.48. The monoisotopic (exact) mass is 280 g/mol. The number of hydrogen-bond donors (Lipinski definition) is 1. The third kappa shape index (κ3) is 5.23. The van der Waals surface area contributed by atoms with Gasteiger partial charge >= 0.3 is 0 Å². The highest BCUT2D eigenvalue weighted by atomic mass is 32.1. The lowest BCUT2D eigenvalue weighted by Gasteiger charge is -2.20. The molecular weight excluding hydrogens is 252 g/mol. The van der Waals surface area contributed by atoms with Crippen molar-refractivity contribution in [3.8, 4) is 0 Å². The Labute approximate surface area is 122 Å². The first kappa shape index (κ1) is 15.0. The SMILES string of the molecule is CC(C)Cc1nc(CC2CC2)sc1CNC(C)(C)C. The highest BCUT2D eigenvalue weighted by Gasteiger charge is 2.24. The number of hydrogen-bond acceptors (Lipinski definition) is 3. The number of rotatable bonds is 6. The van der Waals surface area contributed by atoms with Gasteiger partial charge in [-0.3, -0.25) is 0 Å². The number of nitrogens with zero attached hydrogens (tertiary/aromatic N) is 1. The van der Waals surface area contributed by atoms with E-state index in [0.29, 0.717) is 5.92 Å². The van der Waals surface area contributed by atoms with E-state index < -0.39 is 0 Å². The lowest BCUT2D eigenvalue weighted by atomic mass is 10.1. The van der Waals surface area contributed by atoms with Crippen molar-refractivity contribution in [2.45, 2.75) is 72.4 Å². The molecule has 108 valence electrons. The Kier molecular flexibility index (Phi) is 4.67. The summed E-state index contributed by atoms with van der Waals surface area (Å²) in [6.45, 7) is 12.2. The molecule has 0 unspecified atom stereocenters. The molecule has 0 radical (unpaired) electrons. The van der Waals surface area contributed by atoms with Crippen LogP contribution in [0.4, 0.5) is 0 Å². The van der Waals surface area contributed by atoms with E-state index in [0.717, 1.165) is 18.9 Å². The van der Waals surface area contributed by atoms with Crippen LogP contribution in [0.1, 0.15) is 63.0 Å². The molecule has 0 aliphatic heterocycles. The van der Waals surface area contributed by atoms with E-state index in [9.17, 15) is 0 Å². The average molecular weight is 280 g/mol. The van der Waals surface area contributed by atoms with E-state index in [4.69, 9.17) is 4.98 Å². The van der Waals surface area contributed by atoms with Gasteiger partial charge in [0.15, 0.2) is 0 Å². The molecule has 1 aromatic heterocycles. The summed E-state index contributed by atoms with van der Waals surface area (Å²) in [5.74, 6) is 1.62. The van der Waals surface area contributed by atoms with Gasteiger partial charge in [-0.05, 0) is 51.9 Å².